The van der Waals surface area contributed by atoms with Gasteiger partial charge in [-0.15, -0.1) is 11.3 Å². The summed E-state index contributed by atoms with van der Waals surface area (Å²) in [5.41, 5.74) is 8.25. The summed E-state index contributed by atoms with van der Waals surface area (Å²) in [6, 6.07) is 52.4. The average molecular weight is 555 g/mol. The number of thiophene rings is 1. The molecule has 0 amide bonds. The van der Waals surface area contributed by atoms with Crippen LogP contribution in [0.2, 0.25) is 0 Å². The Kier molecular flexibility index (Phi) is 6.02. The van der Waals surface area contributed by atoms with Gasteiger partial charge in [-0.1, -0.05) is 91.0 Å². The van der Waals surface area contributed by atoms with Gasteiger partial charge in [0.15, 0.2) is 0 Å². The lowest BCUT2D eigenvalue weighted by atomic mass is 10.0. The zero-order valence-electron chi connectivity index (χ0n) is 22.8. The number of aromatic nitrogens is 1. The summed E-state index contributed by atoms with van der Waals surface area (Å²) in [6.07, 6.45) is 3.86. The Hall–Kier alpha value is -5.25. The van der Waals surface area contributed by atoms with Crippen LogP contribution in [0.5, 0.6) is 0 Å². The van der Waals surface area contributed by atoms with Crippen molar-refractivity contribution in [1.29, 1.82) is 0 Å². The molecule has 0 aliphatic heterocycles. The number of hydrogen-bond acceptors (Lipinski definition) is 3. The van der Waals surface area contributed by atoms with Crippen LogP contribution in [-0.4, -0.2) is 4.98 Å². The molecule has 0 aliphatic rings. The maximum atomic E-state index is 4.42. The van der Waals surface area contributed by atoms with Gasteiger partial charge < -0.3 is 4.90 Å². The van der Waals surface area contributed by atoms with Crippen molar-refractivity contribution in [3.05, 3.63) is 158 Å². The molecule has 3 heteroatoms. The fourth-order valence-electron chi connectivity index (χ4n) is 5.81. The Morgan fingerprint density at radius 3 is 1.79 bits per heavy atom. The van der Waals surface area contributed by atoms with Crippen molar-refractivity contribution in [3.63, 3.8) is 0 Å². The summed E-state index contributed by atoms with van der Waals surface area (Å²) in [5, 5.41) is 4.87. The lowest BCUT2D eigenvalue weighted by Crippen LogP contribution is -2.09. The third-order valence-electron chi connectivity index (χ3n) is 7.93. The van der Waals surface area contributed by atoms with Crippen LogP contribution in [0.15, 0.2) is 158 Å². The van der Waals surface area contributed by atoms with Crippen molar-refractivity contribution in [2.24, 2.45) is 0 Å². The molecular weight excluding hydrogens is 529 g/mol. The summed E-state index contributed by atoms with van der Waals surface area (Å²) >= 11 is 1.82. The van der Waals surface area contributed by atoms with Crippen molar-refractivity contribution in [3.8, 4) is 22.3 Å². The second-order valence-corrected chi connectivity index (χ2v) is 11.6. The molecule has 0 radical (unpaired) electrons. The average Bonchev–Trinajstić information content (AvgIpc) is 3.44. The molecular formula is C39H26N2S. The maximum Gasteiger partial charge on any atom is 0.0468 e. The zero-order chi connectivity index (χ0) is 27.9. The molecule has 0 unspecified atom stereocenters. The number of hydrogen-bond donors (Lipinski definition) is 0. The van der Waals surface area contributed by atoms with Gasteiger partial charge in [0.1, 0.15) is 0 Å². The molecule has 198 valence electrons. The third kappa shape index (κ3) is 4.41. The van der Waals surface area contributed by atoms with E-state index in [1.54, 1.807) is 0 Å². The Balaban J connectivity index is 1.27. The standard InChI is InChI=1S/C39H26N2S/c1-3-7-27(8-4-1)29-13-16-33(17-14-29)41(35-19-20-38-36(25-35)37-26-40-22-21-39(37)42-38)34-18-15-31-23-30(11-12-32(31)24-34)28-9-5-2-6-10-28/h1-26H. The molecule has 2 nitrogen and oxygen atoms in total. The predicted octanol–water partition coefficient (Wildman–Crippen LogP) is 11.4. The van der Waals surface area contributed by atoms with Crippen LogP contribution in [0.1, 0.15) is 0 Å². The normalized spacial score (nSPS) is 11.3. The molecule has 0 saturated heterocycles. The number of benzene rings is 6. The largest absolute Gasteiger partial charge is 0.310 e. The van der Waals surface area contributed by atoms with E-state index >= 15 is 0 Å². The van der Waals surface area contributed by atoms with E-state index in [9.17, 15) is 0 Å². The molecule has 0 spiro atoms. The second-order valence-electron chi connectivity index (χ2n) is 10.5. The summed E-state index contributed by atoms with van der Waals surface area (Å²) in [6.45, 7) is 0. The second kappa shape index (κ2) is 10.3. The van der Waals surface area contributed by atoms with E-state index in [0.29, 0.717) is 0 Å². The minimum absolute atomic E-state index is 1.12. The lowest BCUT2D eigenvalue weighted by Gasteiger charge is -2.26. The number of anilines is 3. The van der Waals surface area contributed by atoms with Crippen molar-refractivity contribution in [1.82, 2.24) is 4.98 Å². The van der Waals surface area contributed by atoms with Crippen LogP contribution in [0, 0.1) is 0 Å². The molecule has 8 rings (SSSR count). The molecule has 0 N–H and O–H groups in total. The Labute approximate surface area is 248 Å². The van der Waals surface area contributed by atoms with Gasteiger partial charge in [-0.3, -0.25) is 4.98 Å². The van der Waals surface area contributed by atoms with Crippen molar-refractivity contribution in [2.45, 2.75) is 0 Å². The highest BCUT2D eigenvalue weighted by Gasteiger charge is 2.16. The fourth-order valence-corrected chi connectivity index (χ4v) is 6.86. The number of pyridine rings is 1. The summed E-state index contributed by atoms with van der Waals surface area (Å²) in [5.74, 6) is 0. The van der Waals surface area contributed by atoms with Gasteiger partial charge in [0, 0.05) is 49.6 Å². The van der Waals surface area contributed by atoms with Gasteiger partial charge in [0.2, 0.25) is 0 Å². The Morgan fingerprint density at radius 1 is 0.429 bits per heavy atom. The fraction of sp³-hybridized carbons (Fsp3) is 0. The maximum absolute atomic E-state index is 4.42. The van der Waals surface area contributed by atoms with Crippen LogP contribution in [0.3, 0.4) is 0 Å². The first-order chi connectivity index (χ1) is 20.8. The summed E-state index contributed by atoms with van der Waals surface area (Å²) < 4.78 is 2.53. The quantitative estimate of drug-likeness (QED) is 0.210. The molecule has 2 heterocycles. The molecule has 0 atom stereocenters. The molecule has 0 saturated carbocycles. The van der Waals surface area contributed by atoms with Gasteiger partial charge >= 0.3 is 0 Å². The van der Waals surface area contributed by atoms with Gasteiger partial charge in [0.25, 0.3) is 0 Å². The highest BCUT2D eigenvalue weighted by Crippen LogP contribution is 2.41. The highest BCUT2D eigenvalue weighted by molar-refractivity contribution is 7.25. The van der Waals surface area contributed by atoms with Crippen molar-refractivity contribution < 1.29 is 0 Å². The first kappa shape index (κ1) is 24.5. The first-order valence-electron chi connectivity index (χ1n) is 14.1. The van der Waals surface area contributed by atoms with E-state index in [0.717, 1.165) is 17.1 Å². The molecule has 0 fully saturated rings. The molecule has 0 bridgehead atoms. The van der Waals surface area contributed by atoms with Gasteiger partial charge in [-0.25, -0.2) is 0 Å². The summed E-state index contributed by atoms with van der Waals surface area (Å²) in [7, 11) is 0. The van der Waals surface area contributed by atoms with Crippen molar-refractivity contribution >= 4 is 59.3 Å². The number of rotatable bonds is 5. The first-order valence-corrected chi connectivity index (χ1v) is 14.9. The molecule has 6 aromatic carbocycles. The number of fused-ring (bicyclic) bond motifs is 4. The van der Waals surface area contributed by atoms with Gasteiger partial charge in [0.05, 0.1) is 0 Å². The van der Waals surface area contributed by atoms with Gasteiger partial charge in [-0.2, -0.15) is 0 Å². The van der Waals surface area contributed by atoms with E-state index in [-0.39, 0.29) is 0 Å². The highest BCUT2D eigenvalue weighted by atomic mass is 32.1. The zero-order valence-corrected chi connectivity index (χ0v) is 23.6. The Bertz CT molecular complexity index is 2180. The van der Waals surface area contributed by atoms with E-state index in [1.165, 1.54) is 53.2 Å². The van der Waals surface area contributed by atoms with Crippen LogP contribution in [0.4, 0.5) is 17.1 Å². The minimum atomic E-state index is 1.12. The smallest absolute Gasteiger partial charge is 0.0468 e. The Morgan fingerprint density at radius 2 is 1.00 bits per heavy atom. The van der Waals surface area contributed by atoms with E-state index in [1.807, 2.05) is 23.7 Å². The van der Waals surface area contributed by atoms with Crippen molar-refractivity contribution in [2.75, 3.05) is 4.90 Å². The van der Waals surface area contributed by atoms with E-state index < -0.39 is 0 Å². The molecule has 8 aromatic rings. The SMILES string of the molecule is c1ccc(-c2ccc(N(c3ccc4cc(-c5ccccc5)ccc4c3)c3ccc4sc5ccncc5c4c3)cc2)cc1. The van der Waals surface area contributed by atoms with Crippen LogP contribution >= 0.6 is 11.3 Å². The van der Waals surface area contributed by atoms with E-state index in [2.05, 4.69) is 155 Å². The minimum Gasteiger partial charge on any atom is -0.310 e. The van der Waals surface area contributed by atoms with Crippen LogP contribution in [-0.2, 0) is 0 Å². The van der Waals surface area contributed by atoms with Gasteiger partial charge in [-0.05, 0) is 87.6 Å². The summed E-state index contributed by atoms with van der Waals surface area (Å²) in [4.78, 5) is 6.78. The molecule has 2 aromatic heterocycles. The predicted molar refractivity (Wildman–Crippen MR) is 180 cm³/mol. The lowest BCUT2D eigenvalue weighted by molar-refractivity contribution is 1.29. The van der Waals surface area contributed by atoms with Crippen LogP contribution in [0.25, 0.3) is 53.2 Å². The monoisotopic (exact) mass is 554 g/mol. The number of nitrogens with zero attached hydrogens (tertiary/aromatic N) is 2. The molecule has 42 heavy (non-hydrogen) atoms. The third-order valence-corrected chi connectivity index (χ3v) is 9.09. The van der Waals surface area contributed by atoms with E-state index in [4.69, 9.17) is 0 Å². The topological polar surface area (TPSA) is 16.1 Å². The molecule has 0 aliphatic carbocycles. The van der Waals surface area contributed by atoms with Crippen LogP contribution < -0.4 is 4.90 Å².